The first-order chi connectivity index (χ1) is 7.22. The van der Waals surface area contributed by atoms with E-state index in [1.165, 1.54) is 6.42 Å². The van der Waals surface area contributed by atoms with Crippen LogP contribution < -0.4 is 5.32 Å². The van der Waals surface area contributed by atoms with Gasteiger partial charge in [0.15, 0.2) is 0 Å². The summed E-state index contributed by atoms with van der Waals surface area (Å²) in [4.78, 5) is 2.28. The Labute approximate surface area is 92.3 Å². The van der Waals surface area contributed by atoms with Crippen molar-refractivity contribution in [2.24, 2.45) is 7.05 Å². The molecule has 0 aromatic carbocycles. The maximum absolute atomic E-state index is 4.35. The Kier molecular flexibility index (Phi) is 5.36. The lowest BCUT2D eigenvalue weighted by Gasteiger charge is -2.15. The summed E-state index contributed by atoms with van der Waals surface area (Å²) in [6.45, 7) is 6.34. The fourth-order valence-corrected chi connectivity index (χ4v) is 1.47. The van der Waals surface area contributed by atoms with Crippen molar-refractivity contribution < 1.29 is 0 Å². The molecule has 0 saturated carbocycles. The molecule has 0 saturated heterocycles. The predicted molar refractivity (Wildman–Crippen MR) is 62.7 cm³/mol. The maximum atomic E-state index is 4.35. The molecule has 1 heterocycles. The zero-order valence-corrected chi connectivity index (χ0v) is 10.0. The van der Waals surface area contributed by atoms with Gasteiger partial charge in [0.1, 0.15) is 0 Å². The summed E-state index contributed by atoms with van der Waals surface area (Å²) in [6.07, 6.45) is 3.18. The molecule has 15 heavy (non-hydrogen) atoms. The van der Waals surface area contributed by atoms with Crippen LogP contribution in [0.3, 0.4) is 0 Å². The van der Waals surface area contributed by atoms with Gasteiger partial charge in [-0.25, -0.2) is 0 Å². The zero-order valence-electron chi connectivity index (χ0n) is 10.0. The first-order valence-corrected chi connectivity index (χ1v) is 5.60. The molecule has 0 atom stereocenters. The third-order valence-corrected chi connectivity index (χ3v) is 2.30. The lowest BCUT2D eigenvalue weighted by atomic mass is 10.4. The topological polar surface area (TPSA) is 33.1 Å². The minimum absolute atomic E-state index is 0.925. The van der Waals surface area contributed by atoms with Crippen LogP contribution in [-0.4, -0.2) is 41.4 Å². The molecule has 1 aromatic rings. The summed E-state index contributed by atoms with van der Waals surface area (Å²) in [5.74, 6) is 0. The minimum Gasteiger partial charge on any atom is -0.315 e. The van der Waals surface area contributed by atoms with Crippen LogP contribution in [0.5, 0.6) is 0 Å². The highest BCUT2D eigenvalue weighted by atomic mass is 15.3. The van der Waals surface area contributed by atoms with Crippen molar-refractivity contribution in [2.75, 3.05) is 26.7 Å². The standard InChI is InChI=1S/C11H22N4/c1-4-6-12-7-9-14(2)10-11-5-8-15(3)13-11/h5,8,12H,4,6-7,9-10H2,1-3H3. The van der Waals surface area contributed by atoms with E-state index in [2.05, 4.69) is 35.4 Å². The first-order valence-electron chi connectivity index (χ1n) is 5.60. The number of hydrogen-bond donors (Lipinski definition) is 1. The van der Waals surface area contributed by atoms with Crippen molar-refractivity contribution in [3.8, 4) is 0 Å². The van der Waals surface area contributed by atoms with Gasteiger partial charge in [0.05, 0.1) is 5.69 Å². The van der Waals surface area contributed by atoms with Crippen LogP contribution in [0.1, 0.15) is 19.0 Å². The fourth-order valence-electron chi connectivity index (χ4n) is 1.47. The molecule has 4 heteroatoms. The van der Waals surface area contributed by atoms with E-state index < -0.39 is 0 Å². The normalized spacial score (nSPS) is 11.2. The van der Waals surface area contributed by atoms with E-state index in [4.69, 9.17) is 0 Å². The van der Waals surface area contributed by atoms with Crippen molar-refractivity contribution in [3.05, 3.63) is 18.0 Å². The molecule has 1 rings (SSSR count). The highest BCUT2D eigenvalue weighted by molar-refractivity contribution is 4.97. The van der Waals surface area contributed by atoms with Crippen LogP contribution in [0, 0.1) is 0 Å². The molecular weight excluding hydrogens is 188 g/mol. The van der Waals surface area contributed by atoms with Crippen molar-refractivity contribution in [3.63, 3.8) is 0 Å². The third-order valence-electron chi connectivity index (χ3n) is 2.30. The Morgan fingerprint density at radius 3 is 2.87 bits per heavy atom. The van der Waals surface area contributed by atoms with Crippen LogP contribution >= 0.6 is 0 Å². The van der Waals surface area contributed by atoms with Gasteiger partial charge in [0, 0.05) is 32.9 Å². The van der Waals surface area contributed by atoms with Gasteiger partial charge in [-0.2, -0.15) is 5.10 Å². The average molecular weight is 210 g/mol. The van der Waals surface area contributed by atoms with Gasteiger partial charge in [-0.15, -0.1) is 0 Å². The molecule has 86 valence electrons. The number of nitrogens with one attached hydrogen (secondary N) is 1. The molecule has 0 spiro atoms. The van der Waals surface area contributed by atoms with Gasteiger partial charge >= 0.3 is 0 Å². The third kappa shape index (κ3) is 4.95. The fraction of sp³-hybridized carbons (Fsp3) is 0.727. The predicted octanol–water partition coefficient (Wildman–Crippen LogP) is 0.851. The molecule has 0 unspecified atom stereocenters. The number of rotatable bonds is 7. The molecule has 0 amide bonds. The molecule has 4 nitrogen and oxygen atoms in total. The lowest BCUT2D eigenvalue weighted by Crippen LogP contribution is -2.29. The van der Waals surface area contributed by atoms with Crippen molar-refractivity contribution in [1.82, 2.24) is 20.0 Å². The lowest BCUT2D eigenvalue weighted by molar-refractivity contribution is 0.320. The van der Waals surface area contributed by atoms with Gasteiger partial charge in [-0.05, 0) is 26.1 Å². The smallest absolute Gasteiger partial charge is 0.0764 e. The molecule has 0 aliphatic heterocycles. The van der Waals surface area contributed by atoms with E-state index in [9.17, 15) is 0 Å². The number of likely N-dealkylation sites (N-methyl/N-ethyl adjacent to an activating group) is 1. The maximum Gasteiger partial charge on any atom is 0.0764 e. The van der Waals surface area contributed by atoms with E-state index in [1.807, 2.05) is 17.9 Å². The summed E-state index contributed by atoms with van der Waals surface area (Å²) in [5.41, 5.74) is 1.13. The van der Waals surface area contributed by atoms with E-state index >= 15 is 0 Å². The Bertz CT molecular complexity index is 269. The molecule has 0 aliphatic rings. The number of hydrogen-bond acceptors (Lipinski definition) is 3. The summed E-state index contributed by atoms with van der Waals surface area (Å²) >= 11 is 0. The molecule has 0 radical (unpaired) electrons. The molecule has 1 aromatic heterocycles. The quantitative estimate of drug-likeness (QED) is 0.677. The van der Waals surface area contributed by atoms with E-state index in [0.29, 0.717) is 0 Å². The minimum atomic E-state index is 0.925. The number of nitrogens with zero attached hydrogens (tertiary/aromatic N) is 3. The summed E-state index contributed by atoms with van der Waals surface area (Å²) in [5, 5.41) is 7.74. The van der Waals surface area contributed by atoms with Crippen molar-refractivity contribution in [2.45, 2.75) is 19.9 Å². The zero-order chi connectivity index (χ0) is 11.1. The molecule has 0 bridgehead atoms. The second-order valence-electron chi connectivity index (χ2n) is 3.97. The molecule has 0 aliphatic carbocycles. The Hall–Kier alpha value is -0.870. The van der Waals surface area contributed by atoms with Crippen molar-refractivity contribution >= 4 is 0 Å². The van der Waals surface area contributed by atoms with Gasteiger partial charge in [-0.1, -0.05) is 6.92 Å². The summed E-state index contributed by atoms with van der Waals surface area (Å²) < 4.78 is 1.85. The SMILES string of the molecule is CCCNCCN(C)Cc1ccn(C)n1. The molecule has 0 fully saturated rings. The number of aromatic nitrogens is 2. The van der Waals surface area contributed by atoms with E-state index in [-0.39, 0.29) is 0 Å². The Morgan fingerprint density at radius 2 is 2.27 bits per heavy atom. The molecule has 1 N–H and O–H groups in total. The average Bonchev–Trinajstić information content (AvgIpc) is 2.59. The summed E-state index contributed by atoms with van der Waals surface area (Å²) in [6, 6.07) is 2.07. The monoisotopic (exact) mass is 210 g/mol. The largest absolute Gasteiger partial charge is 0.315 e. The first kappa shape index (κ1) is 12.2. The van der Waals surface area contributed by atoms with E-state index in [0.717, 1.165) is 31.9 Å². The van der Waals surface area contributed by atoms with Crippen LogP contribution in [0.25, 0.3) is 0 Å². The van der Waals surface area contributed by atoms with Crippen LogP contribution in [0.2, 0.25) is 0 Å². The highest BCUT2D eigenvalue weighted by Crippen LogP contribution is 1.98. The van der Waals surface area contributed by atoms with Crippen molar-refractivity contribution in [1.29, 1.82) is 0 Å². The van der Waals surface area contributed by atoms with Gasteiger partial charge < -0.3 is 5.32 Å². The Balaban J connectivity index is 2.15. The highest BCUT2D eigenvalue weighted by Gasteiger charge is 2.01. The van der Waals surface area contributed by atoms with Crippen LogP contribution in [-0.2, 0) is 13.6 Å². The van der Waals surface area contributed by atoms with Crippen LogP contribution in [0.4, 0.5) is 0 Å². The number of aryl methyl sites for hydroxylation is 1. The Morgan fingerprint density at radius 1 is 1.47 bits per heavy atom. The molecular formula is C11H22N4. The summed E-state index contributed by atoms with van der Waals surface area (Å²) in [7, 11) is 4.08. The second-order valence-corrected chi connectivity index (χ2v) is 3.97. The van der Waals surface area contributed by atoms with Gasteiger partial charge in [0.2, 0.25) is 0 Å². The van der Waals surface area contributed by atoms with Gasteiger partial charge in [-0.3, -0.25) is 9.58 Å². The van der Waals surface area contributed by atoms with Gasteiger partial charge in [0.25, 0.3) is 0 Å². The van der Waals surface area contributed by atoms with Crippen LogP contribution in [0.15, 0.2) is 12.3 Å². The second kappa shape index (κ2) is 6.58. The van der Waals surface area contributed by atoms with E-state index in [1.54, 1.807) is 0 Å².